The molecular formula is C100H60N4. The Hall–Kier alpha value is -13.8. The van der Waals surface area contributed by atoms with E-state index in [1.54, 1.807) is 0 Å². The predicted molar refractivity (Wildman–Crippen MR) is 440 cm³/mol. The van der Waals surface area contributed by atoms with Gasteiger partial charge in [0.1, 0.15) is 0 Å². The van der Waals surface area contributed by atoms with Crippen LogP contribution >= 0.6 is 0 Å². The molecule has 0 spiro atoms. The van der Waals surface area contributed by atoms with Crippen molar-refractivity contribution in [3.63, 3.8) is 0 Å². The van der Waals surface area contributed by atoms with E-state index in [0.29, 0.717) is 0 Å². The van der Waals surface area contributed by atoms with Crippen LogP contribution in [0.1, 0.15) is 0 Å². The van der Waals surface area contributed by atoms with Gasteiger partial charge < -0.3 is 18.3 Å². The highest BCUT2D eigenvalue weighted by molar-refractivity contribution is 6.25. The van der Waals surface area contributed by atoms with Crippen LogP contribution in [0.25, 0.3) is 220 Å². The Bertz CT molecular complexity index is 7400. The molecule has 4 heterocycles. The first-order valence-electron chi connectivity index (χ1n) is 36.0. The molecule has 4 nitrogen and oxygen atoms in total. The lowest BCUT2D eigenvalue weighted by molar-refractivity contribution is 1.18. The molecule has 0 atom stereocenters. The Morgan fingerprint density at radius 2 is 0.481 bits per heavy atom. The predicted octanol–water partition coefficient (Wildman–Crippen LogP) is 27.0. The smallest absolute Gasteiger partial charge is 0.0547 e. The number of aromatic nitrogens is 4. The van der Waals surface area contributed by atoms with Gasteiger partial charge in [0.2, 0.25) is 0 Å². The summed E-state index contributed by atoms with van der Waals surface area (Å²) in [4.78, 5) is 0. The van der Waals surface area contributed by atoms with Crippen molar-refractivity contribution in [2.75, 3.05) is 0 Å². The lowest BCUT2D eigenvalue weighted by atomic mass is 9.99. The Morgan fingerprint density at radius 1 is 0.144 bits per heavy atom. The molecule has 0 amide bonds. The average molecular weight is 1320 g/mol. The third kappa shape index (κ3) is 8.13. The Labute approximate surface area is 598 Å². The molecule has 24 rings (SSSR count). The highest BCUT2D eigenvalue weighted by atomic mass is 15.0. The van der Waals surface area contributed by atoms with Crippen LogP contribution in [-0.4, -0.2) is 18.3 Å². The van der Waals surface area contributed by atoms with Crippen LogP contribution in [0.15, 0.2) is 364 Å². The molecule has 0 bridgehead atoms. The Balaban J connectivity index is 0.000000127. The Kier molecular flexibility index (Phi) is 12.0. The van der Waals surface area contributed by atoms with Gasteiger partial charge in [-0.3, -0.25) is 0 Å². The summed E-state index contributed by atoms with van der Waals surface area (Å²) in [5.41, 5.74) is 30.0. The molecule has 22 aromatic rings. The van der Waals surface area contributed by atoms with Gasteiger partial charge in [-0.2, -0.15) is 0 Å². The molecule has 2 aliphatic rings. The van der Waals surface area contributed by atoms with E-state index in [2.05, 4.69) is 382 Å². The first-order valence-corrected chi connectivity index (χ1v) is 36.0. The van der Waals surface area contributed by atoms with E-state index in [0.717, 1.165) is 0 Å². The molecule has 4 aromatic heterocycles. The van der Waals surface area contributed by atoms with E-state index in [9.17, 15) is 0 Å². The molecule has 0 unspecified atom stereocenters. The summed E-state index contributed by atoms with van der Waals surface area (Å²) < 4.78 is 9.77. The summed E-state index contributed by atoms with van der Waals surface area (Å²) in [6.45, 7) is 0. The third-order valence-corrected chi connectivity index (χ3v) is 22.9. The number of benzene rings is 18. The molecule has 0 aliphatic heterocycles. The van der Waals surface area contributed by atoms with Crippen molar-refractivity contribution in [3.8, 4) is 89.5 Å². The highest BCUT2D eigenvalue weighted by Crippen LogP contribution is 2.52. The fourth-order valence-corrected chi connectivity index (χ4v) is 18.4. The van der Waals surface area contributed by atoms with Gasteiger partial charge in [0, 0.05) is 65.2 Å². The minimum absolute atomic E-state index is 1.17. The van der Waals surface area contributed by atoms with Crippen LogP contribution in [0.3, 0.4) is 0 Å². The molecule has 0 saturated carbocycles. The molecule has 0 N–H and O–H groups in total. The van der Waals surface area contributed by atoms with Gasteiger partial charge in [-0.1, -0.05) is 249 Å². The largest absolute Gasteiger partial charge is 0.309 e. The maximum absolute atomic E-state index is 2.50. The normalized spacial score (nSPS) is 12.2. The summed E-state index contributed by atoms with van der Waals surface area (Å²) in [7, 11) is 0. The van der Waals surface area contributed by atoms with E-state index in [1.165, 1.54) is 220 Å². The van der Waals surface area contributed by atoms with Crippen molar-refractivity contribution in [2.24, 2.45) is 0 Å². The van der Waals surface area contributed by atoms with Crippen LogP contribution in [0.5, 0.6) is 0 Å². The molecule has 0 fully saturated rings. The molecule has 0 radical (unpaired) electrons. The van der Waals surface area contributed by atoms with Crippen molar-refractivity contribution < 1.29 is 0 Å². The van der Waals surface area contributed by atoms with Crippen LogP contribution in [0.4, 0.5) is 0 Å². The highest BCUT2D eigenvalue weighted by Gasteiger charge is 2.27. The summed E-state index contributed by atoms with van der Waals surface area (Å²) in [5, 5.41) is 20.4. The number of hydrogen-bond donors (Lipinski definition) is 0. The maximum atomic E-state index is 2.50. The number of rotatable bonds is 6. The van der Waals surface area contributed by atoms with Crippen molar-refractivity contribution in [3.05, 3.63) is 364 Å². The van der Waals surface area contributed by atoms with Crippen LogP contribution < -0.4 is 0 Å². The lowest BCUT2D eigenvalue weighted by Crippen LogP contribution is -1.96. The minimum Gasteiger partial charge on any atom is -0.309 e. The summed E-state index contributed by atoms with van der Waals surface area (Å²) in [6, 6.07) is 134. The van der Waals surface area contributed by atoms with Crippen LogP contribution in [-0.2, 0) is 0 Å². The van der Waals surface area contributed by atoms with Gasteiger partial charge >= 0.3 is 0 Å². The molecule has 18 aromatic carbocycles. The second-order valence-corrected chi connectivity index (χ2v) is 28.2. The second-order valence-electron chi connectivity index (χ2n) is 28.2. The van der Waals surface area contributed by atoms with E-state index < -0.39 is 0 Å². The van der Waals surface area contributed by atoms with Gasteiger partial charge in [-0.05, 0) is 214 Å². The van der Waals surface area contributed by atoms with Crippen molar-refractivity contribution in [1.82, 2.24) is 18.3 Å². The van der Waals surface area contributed by atoms with Gasteiger partial charge in [-0.25, -0.2) is 0 Å². The molecule has 2 aliphatic carbocycles. The van der Waals surface area contributed by atoms with Gasteiger partial charge in [0.05, 0.1) is 55.5 Å². The van der Waals surface area contributed by atoms with Crippen molar-refractivity contribution >= 4 is 130 Å². The quantitative estimate of drug-likeness (QED) is 0.158. The zero-order chi connectivity index (χ0) is 67.8. The SMILES string of the molecule is c1ccc(-n2c3ccc(-c4ccc5c(c4)c4ccccc4n5-c4ccc5c6c(cccc46)-c4ccccc4-5)cc3c3cc4ccccc4cc32)cc1.c1ccc(-n2c3ccccc3c3cc(-c4ccc5c(c4)c4c6ccccc6ccc4n5-c4ccc5c6c(cccc46)-c4ccccc4-5)ccc32)cc1. The van der Waals surface area contributed by atoms with Crippen molar-refractivity contribution in [1.29, 1.82) is 0 Å². The summed E-state index contributed by atoms with van der Waals surface area (Å²) in [6.07, 6.45) is 0. The van der Waals surface area contributed by atoms with E-state index in [-0.39, 0.29) is 0 Å². The zero-order valence-corrected chi connectivity index (χ0v) is 56.4. The summed E-state index contributed by atoms with van der Waals surface area (Å²) >= 11 is 0. The standard InChI is InChI=1S/2C50H30N2/c1-2-13-35(14-3-1)51-47-24-21-34(29-43(47)44-27-31-11-4-5-12-32(31)30-49(44)51)33-22-25-48-42(28-33)38-17-8-9-20-45(38)52(48)46-26-23-40-37-16-7-6-15-36(37)39-18-10-19-41(46)50(39)40;1-2-12-34(13-3-1)51-44-20-9-8-17-38(44)42-29-32(22-25-46(42)51)33-23-26-47-43(30-33)50-35-14-5-4-11-31(35)21-27-48(50)52(47)45-28-24-40-37-16-7-6-15-36(37)39-18-10-19-41(45)49(39)40/h2*1-30H. The monoisotopic (exact) mass is 1320 g/mol. The first-order chi connectivity index (χ1) is 51.6. The fourth-order valence-electron chi connectivity index (χ4n) is 18.4. The number of hydrogen-bond acceptors (Lipinski definition) is 0. The number of nitrogens with zero attached hydrogens (tertiary/aromatic N) is 4. The maximum Gasteiger partial charge on any atom is 0.0547 e. The number of para-hydroxylation sites is 4. The van der Waals surface area contributed by atoms with Gasteiger partial charge in [-0.15, -0.1) is 0 Å². The molecule has 0 saturated heterocycles. The Morgan fingerprint density at radius 3 is 1.01 bits per heavy atom. The fraction of sp³-hybridized carbons (Fsp3) is 0. The second kappa shape index (κ2) is 21.9. The summed E-state index contributed by atoms with van der Waals surface area (Å²) in [5.74, 6) is 0. The average Bonchev–Trinajstić information content (AvgIpc) is 1.55. The van der Waals surface area contributed by atoms with E-state index in [1.807, 2.05) is 0 Å². The molecule has 4 heteroatoms. The first kappa shape index (κ1) is 57.0. The van der Waals surface area contributed by atoms with Crippen molar-refractivity contribution in [2.45, 2.75) is 0 Å². The molecule has 104 heavy (non-hydrogen) atoms. The number of fused-ring (bicyclic) bond motifs is 21. The van der Waals surface area contributed by atoms with E-state index >= 15 is 0 Å². The lowest BCUT2D eigenvalue weighted by Gasteiger charge is -2.14. The van der Waals surface area contributed by atoms with Crippen LogP contribution in [0.2, 0.25) is 0 Å². The van der Waals surface area contributed by atoms with Crippen LogP contribution in [0, 0.1) is 0 Å². The zero-order valence-electron chi connectivity index (χ0n) is 56.4. The van der Waals surface area contributed by atoms with Gasteiger partial charge in [0.15, 0.2) is 0 Å². The van der Waals surface area contributed by atoms with E-state index in [4.69, 9.17) is 0 Å². The molecule has 480 valence electrons. The topological polar surface area (TPSA) is 19.7 Å². The minimum atomic E-state index is 1.17. The van der Waals surface area contributed by atoms with Gasteiger partial charge in [0.25, 0.3) is 0 Å². The third-order valence-electron chi connectivity index (χ3n) is 22.9. The molecular weight excluding hydrogens is 1260 g/mol.